The third kappa shape index (κ3) is 5.44. The molecular weight excluding hydrogens is 366 g/mol. The fourth-order valence-corrected chi connectivity index (χ4v) is 2.82. The van der Waals surface area contributed by atoms with Crippen molar-refractivity contribution in [1.29, 1.82) is 0 Å². The Kier molecular flexibility index (Phi) is 8.07. The Bertz CT molecular complexity index is 781. The molecule has 0 aromatic heterocycles. The van der Waals surface area contributed by atoms with Crippen LogP contribution < -0.4 is 24.8 Å². The normalized spacial score (nSPS) is 11.1. The van der Waals surface area contributed by atoms with Crippen molar-refractivity contribution < 1.29 is 14.2 Å². The SMILES string of the molecule is CCNC(=NCc1ccc(OC)c(OC)c1OC)NCc1ccccc1Cl. The van der Waals surface area contributed by atoms with E-state index < -0.39 is 0 Å². The highest BCUT2D eigenvalue weighted by atomic mass is 35.5. The molecule has 27 heavy (non-hydrogen) atoms. The zero-order chi connectivity index (χ0) is 19.6. The molecule has 2 N–H and O–H groups in total. The van der Waals surface area contributed by atoms with Crippen molar-refractivity contribution in [3.8, 4) is 17.2 Å². The smallest absolute Gasteiger partial charge is 0.203 e. The van der Waals surface area contributed by atoms with Gasteiger partial charge in [-0.2, -0.15) is 0 Å². The highest BCUT2D eigenvalue weighted by molar-refractivity contribution is 6.31. The van der Waals surface area contributed by atoms with Crippen LogP contribution in [0.15, 0.2) is 41.4 Å². The first-order valence-electron chi connectivity index (χ1n) is 8.68. The molecule has 0 saturated heterocycles. The van der Waals surface area contributed by atoms with Crippen molar-refractivity contribution in [2.75, 3.05) is 27.9 Å². The van der Waals surface area contributed by atoms with Crippen molar-refractivity contribution in [3.05, 3.63) is 52.5 Å². The lowest BCUT2D eigenvalue weighted by atomic mass is 10.1. The summed E-state index contributed by atoms with van der Waals surface area (Å²) in [6, 6.07) is 11.5. The van der Waals surface area contributed by atoms with Crippen LogP contribution >= 0.6 is 11.6 Å². The van der Waals surface area contributed by atoms with Crippen LogP contribution in [-0.2, 0) is 13.1 Å². The van der Waals surface area contributed by atoms with E-state index in [1.165, 1.54) is 0 Å². The van der Waals surface area contributed by atoms with Gasteiger partial charge in [-0.3, -0.25) is 0 Å². The quantitative estimate of drug-likeness (QED) is 0.531. The molecule has 0 aliphatic heterocycles. The molecule has 2 aromatic rings. The Morgan fingerprint density at radius 2 is 1.67 bits per heavy atom. The molecule has 0 saturated carbocycles. The van der Waals surface area contributed by atoms with Crippen molar-refractivity contribution in [2.45, 2.75) is 20.0 Å². The third-order valence-electron chi connectivity index (χ3n) is 3.94. The maximum Gasteiger partial charge on any atom is 0.203 e. The number of nitrogens with one attached hydrogen (secondary N) is 2. The minimum atomic E-state index is 0.418. The molecule has 0 aliphatic carbocycles. The summed E-state index contributed by atoms with van der Waals surface area (Å²) in [6.07, 6.45) is 0. The second-order valence-corrected chi connectivity index (χ2v) is 6.04. The average molecular weight is 392 g/mol. The summed E-state index contributed by atoms with van der Waals surface area (Å²) in [7, 11) is 4.78. The largest absolute Gasteiger partial charge is 0.493 e. The first-order chi connectivity index (χ1) is 13.1. The second-order valence-electron chi connectivity index (χ2n) is 5.63. The number of hydrogen-bond acceptors (Lipinski definition) is 4. The predicted molar refractivity (Wildman–Crippen MR) is 109 cm³/mol. The first-order valence-corrected chi connectivity index (χ1v) is 9.05. The summed E-state index contributed by atoms with van der Waals surface area (Å²) in [4.78, 5) is 4.64. The van der Waals surface area contributed by atoms with E-state index in [0.717, 1.165) is 22.7 Å². The second kappa shape index (κ2) is 10.5. The number of guanidine groups is 1. The number of methoxy groups -OCH3 is 3. The standard InChI is InChI=1S/C20H26ClN3O3/c1-5-22-20(23-12-14-8-6-7-9-16(14)21)24-13-15-10-11-17(25-2)19(27-4)18(15)26-3/h6-11H,5,12-13H2,1-4H3,(H2,22,23,24). The topological polar surface area (TPSA) is 64.1 Å². The van der Waals surface area contributed by atoms with Gasteiger partial charge in [0, 0.05) is 23.7 Å². The van der Waals surface area contributed by atoms with Crippen LogP contribution in [0.3, 0.4) is 0 Å². The molecule has 7 heteroatoms. The molecule has 0 bridgehead atoms. The minimum absolute atomic E-state index is 0.418. The van der Waals surface area contributed by atoms with Gasteiger partial charge in [-0.1, -0.05) is 29.8 Å². The van der Waals surface area contributed by atoms with Crippen LogP contribution in [0.4, 0.5) is 0 Å². The Hall–Kier alpha value is -2.60. The number of halogens is 1. The molecule has 0 aliphatic rings. The summed E-state index contributed by atoms with van der Waals surface area (Å²) in [5, 5.41) is 7.25. The molecule has 0 radical (unpaired) electrons. The van der Waals surface area contributed by atoms with E-state index in [1.807, 2.05) is 43.3 Å². The molecule has 0 unspecified atom stereocenters. The first kappa shape index (κ1) is 20.7. The molecule has 2 rings (SSSR count). The van der Waals surface area contributed by atoms with Crippen LogP contribution in [0.2, 0.25) is 5.02 Å². The molecule has 146 valence electrons. The van der Waals surface area contributed by atoms with E-state index in [2.05, 4.69) is 15.6 Å². The van der Waals surface area contributed by atoms with Crippen LogP contribution in [0, 0.1) is 0 Å². The van der Waals surface area contributed by atoms with Gasteiger partial charge in [-0.15, -0.1) is 0 Å². The van der Waals surface area contributed by atoms with Gasteiger partial charge in [-0.05, 0) is 30.7 Å². The summed E-state index contributed by atoms with van der Waals surface area (Å²) in [6.45, 7) is 3.76. The van der Waals surface area contributed by atoms with Gasteiger partial charge in [-0.25, -0.2) is 4.99 Å². The Morgan fingerprint density at radius 1 is 0.926 bits per heavy atom. The van der Waals surface area contributed by atoms with E-state index in [-0.39, 0.29) is 0 Å². The number of nitrogens with zero attached hydrogens (tertiary/aromatic N) is 1. The van der Waals surface area contributed by atoms with Gasteiger partial charge >= 0.3 is 0 Å². The Morgan fingerprint density at radius 3 is 2.30 bits per heavy atom. The summed E-state index contributed by atoms with van der Waals surface area (Å²) in [5.74, 6) is 2.48. The minimum Gasteiger partial charge on any atom is -0.493 e. The van der Waals surface area contributed by atoms with Gasteiger partial charge in [0.15, 0.2) is 17.5 Å². The van der Waals surface area contributed by atoms with Gasteiger partial charge in [0.05, 0.1) is 27.9 Å². The Labute approximate surface area is 165 Å². The van der Waals surface area contributed by atoms with Gasteiger partial charge in [0.1, 0.15) is 0 Å². The van der Waals surface area contributed by atoms with E-state index in [9.17, 15) is 0 Å². The lowest BCUT2D eigenvalue weighted by Crippen LogP contribution is -2.36. The van der Waals surface area contributed by atoms with Gasteiger partial charge in [0.2, 0.25) is 5.75 Å². The predicted octanol–water partition coefficient (Wildman–Crippen LogP) is 3.62. The fourth-order valence-electron chi connectivity index (χ4n) is 2.61. The number of ether oxygens (including phenoxy) is 3. The highest BCUT2D eigenvalue weighted by Gasteiger charge is 2.15. The van der Waals surface area contributed by atoms with Crippen molar-refractivity contribution in [2.24, 2.45) is 4.99 Å². The van der Waals surface area contributed by atoms with E-state index in [0.29, 0.717) is 36.3 Å². The monoisotopic (exact) mass is 391 g/mol. The zero-order valence-electron chi connectivity index (χ0n) is 16.1. The maximum atomic E-state index is 6.22. The molecule has 6 nitrogen and oxygen atoms in total. The van der Waals surface area contributed by atoms with Crippen LogP contribution in [0.25, 0.3) is 0 Å². The molecule has 2 aromatic carbocycles. The Balaban J connectivity index is 2.18. The number of rotatable bonds is 8. The summed E-state index contributed by atoms with van der Waals surface area (Å²) in [5.41, 5.74) is 1.90. The van der Waals surface area contributed by atoms with Crippen molar-refractivity contribution in [1.82, 2.24) is 10.6 Å². The van der Waals surface area contributed by atoms with E-state index in [4.69, 9.17) is 25.8 Å². The van der Waals surface area contributed by atoms with Gasteiger partial charge in [0.25, 0.3) is 0 Å². The molecule has 0 spiro atoms. The van der Waals surface area contributed by atoms with Crippen molar-refractivity contribution >= 4 is 17.6 Å². The van der Waals surface area contributed by atoms with Gasteiger partial charge < -0.3 is 24.8 Å². The molecule has 0 atom stereocenters. The van der Waals surface area contributed by atoms with E-state index >= 15 is 0 Å². The number of benzene rings is 2. The van der Waals surface area contributed by atoms with Crippen LogP contribution in [-0.4, -0.2) is 33.8 Å². The number of aliphatic imine (C=N–C) groups is 1. The molecule has 0 heterocycles. The maximum absolute atomic E-state index is 6.22. The molecular formula is C20H26ClN3O3. The third-order valence-corrected chi connectivity index (χ3v) is 4.31. The summed E-state index contributed by atoms with van der Waals surface area (Å²) >= 11 is 6.22. The zero-order valence-corrected chi connectivity index (χ0v) is 16.9. The van der Waals surface area contributed by atoms with E-state index in [1.54, 1.807) is 21.3 Å². The highest BCUT2D eigenvalue weighted by Crippen LogP contribution is 2.39. The average Bonchev–Trinajstić information content (AvgIpc) is 2.70. The summed E-state index contributed by atoms with van der Waals surface area (Å²) < 4.78 is 16.3. The lowest BCUT2D eigenvalue weighted by Gasteiger charge is -2.16. The van der Waals surface area contributed by atoms with Crippen LogP contribution in [0.1, 0.15) is 18.1 Å². The molecule has 0 amide bonds. The number of hydrogen-bond donors (Lipinski definition) is 2. The lowest BCUT2D eigenvalue weighted by molar-refractivity contribution is 0.322. The fraction of sp³-hybridized carbons (Fsp3) is 0.350. The molecule has 0 fully saturated rings. The van der Waals surface area contributed by atoms with Crippen LogP contribution in [0.5, 0.6) is 17.2 Å². The van der Waals surface area contributed by atoms with Crippen molar-refractivity contribution in [3.63, 3.8) is 0 Å².